The summed E-state index contributed by atoms with van der Waals surface area (Å²) in [6.07, 6.45) is 3.48. The summed E-state index contributed by atoms with van der Waals surface area (Å²) in [5, 5.41) is 0. The number of hydrogen-bond donors (Lipinski definition) is 0. The summed E-state index contributed by atoms with van der Waals surface area (Å²) in [6.45, 7) is 8.99. The molecule has 2 aliphatic heterocycles. The Hall–Kier alpha value is -2.11. The van der Waals surface area contributed by atoms with Crippen molar-refractivity contribution in [1.82, 2.24) is 9.80 Å². The van der Waals surface area contributed by atoms with Gasteiger partial charge in [0, 0.05) is 25.6 Å². The molecule has 2 amide bonds. The molecule has 26 heavy (non-hydrogen) atoms. The number of piperazine rings is 1. The van der Waals surface area contributed by atoms with Crippen molar-refractivity contribution in [3.63, 3.8) is 0 Å². The third kappa shape index (κ3) is 3.41. The third-order valence-electron chi connectivity index (χ3n) is 5.54. The van der Waals surface area contributed by atoms with Gasteiger partial charge in [0.15, 0.2) is 0 Å². The van der Waals surface area contributed by atoms with Crippen molar-refractivity contribution < 1.29 is 14.0 Å². The first-order valence-electron chi connectivity index (χ1n) is 9.54. The van der Waals surface area contributed by atoms with Crippen LogP contribution in [0.5, 0.6) is 0 Å². The van der Waals surface area contributed by atoms with Crippen molar-refractivity contribution in [3.05, 3.63) is 33.4 Å². The van der Waals surface area contributed by atoms with Crippen molar-refractivity contribution in [1.29, 1.82) is 0 Å². The number of amides is 2. The zero-order valence-electron chi connectivity index (χ0n) is 16.1. The summed E-state index contributed by atoms with van der Waals surface area (Å²) in [6, 6.07) is 1.31. The Bertz CT molecular complexity index is 768. The van der Waals surface area contributed by atoms with E-state index in [2.05, 4.69) is 13.8 Å². The van der Waals surface area contributed by atoms with Crippen molar-refractivity contribution in [2.75, 3.05) is 13.1 Å². The molecule has 142 valence electrons. The molecule has 0 unspecified atom stereocenters. The van der Waals surface area contributed by atoms with E-state index in [0.29, 0.717) is 30.2 Å². The molecule has 0 radical (unpaired) electrons. The van der Waals surface area contributed by atoms with Gasteiger partial charge in [0.05, 0.1) is 0 Å². The van der Waals surface area contributed by atoms with Crippen LogP contribution in [0.25, 0.3) is 0 Å². The minimum absolute atomic E-state index is 0.0253. The molecule has 2 fully saturated rings. The summed E-state index contributed by atoms with van der Waals surface area (Å²) in [7, 11) is 0. The smallest absolute Gasteiger partial charge is 0.349 e. The van der Waals surface area contributed by atoms with Gasteiger partial charge in [-0.25, -0.2) is 4.79 Å². The van der Waals surface area contributed by atoms with E-state index in [1.165, 1.54) is 0 Å². The van der Waals surface area contributed by atoms with Crippen LogP contribution in [0.1, 0.15) is 61.7 Å². The Labute approximate surface area is 154 Å². The molecule has 1 aromatic rings. The lowest BCUT2D eigenvalue weighted by Crippen LogP contribution is -2.60. The molecular formula is C20H28N2O4. The fourth-order valence-corrected chi connectivity index (χ4v) is 3.96. The second-order valence-electron chi connectivity index (χ2n) is 7.95. The number of carbonyl (C=O) groups excluding carboxylic acids is 2. The van der Waals surface area contributed by atoms with E-state index in [-0.39, 0.29) is 23.4 Å². The Morgan fingerprint density at radius 3 is 2.73 bits per heavy atom. The van der Waals surface area contributed by atoms with E-state index in [1.807, 2.05) is 4.90 Å². The van der Waals surface area contributed by atoms with Crippen LogP contribution in [0.3, 0.4) is 0 Å². The van der Waals surface area contributed by atoms with E-state index < -0.39 is 11.7 Å². The molecular weight excluding hydrogens is 332 g/mol. The Morgan fingerprint density at radius 2 is 2.08 bits per heavy atom. The Kier molecular flexibility index (Phi) is 5.21. The number of aryl methyl sites for hydroxylation is 2. The SMILES string of the molecule is Cc1cc(CCC(C)C)oc(=O)c1C(=O)N1C[C@@H]2CCCN2C(=O)[C@H]1C. The maximum Gasteiger partial charge on any atom is 0.349 e. The van der Waals surface area contributed by atoms with Gasteiger partial charge in [-0.15, -0.1) is 0 Å². The lowest BCUT2D eigenvalue weighted by Gasteiger charge is -2.41. The van der Waals surface area contributed by atoms with E-state index in [1.54, 1.807) is 24.8 Å². The van der Waals surface area contributed by atoms with Gasteiger partial charge in [0.25, 0.3) is 5.91 Å². The molecule has 2 aliphatic rings. The molecule has 0 bridgehead atoms. The van der Waals surface area contributed by atoms with E-state index in [9.17, 15) is 14.4 Å². The van der Waals surface area contributed by atoms with E-state index in [0.717, 1.165) is 25.8 Å². The maximum absolute atomic E-state index is 13.1. The van der Waals surface area contributed by atoms with Crippen LogP contribution in [-0.2, 0) is 11.2 Å². The van der Waals surface area contributed by atoms with Crippen LogP contribution in [0.15, 0.2) is 15.3 Å². The highest BCUT2D eigenvalue weighted by atomic mass is 16.4. The van der Waals surface area contributed by atoms with Crippen molar-refractivity contribution in [3.8, 4) is 0 Å². The van der Waals surface area contributed by atoms with Crippen LogP contribution in [0.2, 0.25) is 0 Å². The minimum Gasteiger partial charge on any atom is -0.427 e. The summed E-state index contributed by atoms with van der Waals surface area (Å²) >= 11 is 0. The van der Waals surface area contributed by atoms with Gasteiger partial charge in [-0.2, -0.15) is 0 Å². The molecule has 1 aromatic heterocycles. The zero-order valence-corrected chi connectivity index (χ0v) is 16.1. The molecule has 6 heteroatoms. The van der Waals surface area contributed by atoms with Gasteiger partial charge >= 0.3 is 5.63 Å². The van der Waals surface area contributed by atoms with Gasteiger partial charge in [0.1, 0.15) is 17.4 Å². The highest BCUT2D eigenvalue weighted by Gasteiger charge is 2.43. The number of nitrogens with zero attached hydrogens (tertiary/aromatic N) is 2. The first-order chi connectivity index (χ1) is 12.3. The van der Waals surface area contributed by atoms with Crippen molar-refractivity contribution in [2.45, 2.75) is 65.5 Å². The predicted octanol–water partition coefficient (Wildman–Crippen LogP) is 2.37. The Balaban J connectivity index is 1.85. The molecule has 2 saturated heterocycles. The largest absolute Gasteiger partial charge is 0.427 e. The molecule has 0 spiro atoms. The summed E-state index contributed by atoms with van der Waals surface area (Å²) in [4.78, 5) is 41.5. The van der Waals surface area contributed by atoms with Gasteiger partial charge in [-0.1, -0.05) is 13.8 Å². The zero-order chi connectivity index (χ0) is 19.0. The van der Waals surface area contributed by atoms with Gasteiger partial charge in [0.2, 0.25) is 5.91 Å². The van der Waals surface area contributed by atoms with Crippen LogP contribution in [0.4, 0.5) is 0 Å². The van der Waals surface area contributed by atoms with Crippen LogP contribution < -0.4 is 5.63 Å². The third-order valence-corrected chi connectivity index (χ3v) is 5.54. The summed E-state index contributed by atoms with van der Waals surface area (Å²) in [5.74, 6) is 0.709. The molecule has 0 saturated carbocycles. The number of carbonyl (C=O) groups is 2. The Morgan fingerprint density at radius 1 is 1.35 bits per heavy atom. The van der Waals surface area contributed by atoms with E-state index in [4.69, 9.17) is 4.42 Å². The number of fused-ring (bicyclic) bond motifs is 1. The molecule has 3 heterocycles. The average Bonchev–Trinajstić information content (AvgIpc) is 3.04. The van der Waals surface area contributed by atoms with Gasteiger partial charge < -0.3 is 14.2 Å². The fourth-order valence-electron chi connectivity index (χ4n) is 3.96. The monoisotopic (exact) mass is 360 g/mol. The highest BCUT2D eigenvalue weighted by molar-refractivity contribution is 5.99. The van der Waals surface area contributed by atoms with Crippen LogP contribution in [0, 0.1) is 12.8 Å². The summed E-state index contributed by atoms with van der Waals surface area (Å²) in [5.41, 5.74) is 0.0881. The normalized spacial score (nSPS) is 22.9. The topological polar surface area (TPSA) is 70.8 Å². The standard InChI is InChI=1S/C20H28N2O4/c1-12(2)7-8-16-10-13(3)17(20(25)26-16)19(24)22-11-15-6-5-9-21(15)18(23)14(22)4/h10,12,14-15H,5-9,11H2,1-4H3/t14-,15+/m1/s1. The van der Waals surface area contributed by atoms with E-state index >= 15 is 0 Å². The van der Waals surface area contributed by atoms with Gasteiger partial charge in [-0.05, 0) is 50.7 Å². The molecule has 0 aliphatic carbocycles. The highest BCUT2D eigenvalue weighted by Crippen LogP contribution is 2.27. The second-order valence-corrected chi connectivity index (χ2v) is 7.95. The van der Waals surface area contributed by atoms with Crippen molar-refractivity contribution >= 4 is 11.8 Å². The molecule has 6 nitrogen and oxygen atoms in total. The molecule has 2 atom stereocenters. The minimum atomic E-state index is -0.595. The fraction of sp³-hybridized carbons (Fsp3) is 0.650. The molecule has 3 rings (SSSR count). The number of hydrogen-bond acceptors (Lipinski definition) is 4. The first kappa shape index (κ1) is 18.7. The van der Waals surface area contributed by atoms with Crippen LogP contribution in [-0.4, -0.2) is 46.8 Å². The lowest BCUT2D eigenvalue weighted by atomic mass is 10.0. The predicted molar refractivity (Wildman–Crippen MR) is 98.1 cm³/mol. The number of rotatable bonds is 4. The van der Waals surface area contributed by atoms with Gasteiger partial charge in [-0.3, -0.25) is 9.59 Å². The second kappa shape index (κ2) is 7.25. The summed E-state index contributed by atoms with van der Waals surface area (Å²) < 4.78 is 5.40. The first-order valence-corrected chi connectivity index (χ1v) is 9.54. The van der Waals surface area contributed by atoms with Crippen LogP contribution >= 0.6 is 0 Å². The molecule has 0 aromatic carbocycles. The maximum atomic E-state index is 13.1. The quantitative estimate of drug-likeness (QED) is 0.826. The lowest BCUT2D eigenvalue weighted by molar-refractivity contribution is -0.141. The molecule has 0 N–H and O–H groups in total. The van der Waals surface area contributed by atoms with Crippen molar-refractivity contribution in [2.24, 2.45) is 5.92 Å². The average molecular weight is 360 g/mol.